The van der Waals surface area contributed by atoms with E-state index in [4.69, 9.17) is 14.6 Å². The molecule has 0 saturated heterocycles. The van der Waals surface area contributed by atoms with E-state index >= 15 is 0 Å². The number of fused-ring (bicyclic) bond motifs is 1. The van der Waals surface area contributed by atoms with Gasteiger partial charge in [0.15, 0.2) is 0 Å². The van der Waals surface area contributed by atoms with Gasteiger partial charge in [0, 0.05) is 5.92 Å². The second-order valence-electron chi connectivity index (χ2n) is 14.1. The van der Waals surface area contributed by atoms with E-state index in [2.05, 4.69) is 20.1 Å². The van der Waals surface area contributed by atoms with Crippen LogP contribution in [0.2, 0.25) is 0 Å². The van der Waals surface area contributed by atoms with Crippen LogP contribution in [0.4, 0.5) is 0 Å². The lowest BCUT2D eigenvalue weighted by Gasteiger charge is -2.43. The molecular formula is C37H66O5. The molecule has 0 aliphatic heterocycles. The minimum absolute atomic E-state index is 0.111. The number of rotatable bonds is 16. The van der Waals surface area contributed by atoms with Crippen molar-refractivity contribution in [1.82, 2.24) is 0 Å². The van der Waals surface area contributed by atoms with Gasteiger partial charge in [0.05, 0.1) is 19.8 Å². The molecule has 5 heteroatoms. The fourth-order valence-corrected chi connectivity index (χ4v) is 7.53. The summed E-state index contributed by atoms with van der Waals surface area (Å²) in [5.41, 5.74) is 1.98. The van der Waals surface area contributed by atoms with Crippen LogP contribution in [-0.4, -0.2) is 37.9 Å². The maximum atomic E-state index is 10.6. The number of allylic oxidation sites excluding steroid dienone is 1. The predicted octanol–water partition coefficient (Wildman–Crippen LogP) is 9.48. The highest BCUT2D eigenvalue weighted by atomic mass is 16.5. The molecular weight excluding hydrogens is 524 g/mol. The van der Waals surface area contributed by atoms with E-state index in [1.54, 1.807) is 6.92 Å². The highest BCUT2D eigenvalue weighted by molar-refractivity contribution is 5.37. The molecule has 3 fully saturated rings. The van der Waals surface area contributed by atoms with Crippen molar-refractivity contribution in [2.24, 2.45) is 41.4 Å². The van der Waals surface area contributed by atoms with Crippen molar-refractivity contribution in [2.75, 3.05) is 19.8 Å². The minimum Gasteiger partial charge on any atom is -0.467 e. The zero-order chi connectivity index (χ0) is 31.2. The van der Waals surface area contributed by atoms with E-state index < -0.39 is 0 Å². The van der Waals surface area contributed by atoms with Gasteiger partial charge in [0.1, 0.15) is 0 Å². The lowest BCUT2D eigenvalue weighted by atomic mass is 9.63. The molecule has 5 nitrogen and oxygen atoms in total. The van der Waals surface area contributed by atoms with Crippen molar-refractivity contribution in [1.29, 1.82) is 0 Å². The van der Waals surface area contributed by atoms with E-state index in [0.29, 0.717) is 32.1 Å². The Balaban J connectivity index is 0.000000856. The van der Waals surface area contributed by atoms with Gasteiger partial charge in [-0.3, -0.25) is 9.59 Å². The first-order valence-corrected chi connectivity index (χ1v) is 17.2. The molecule has 0 amide bonds. The van der Waals surface area contributed by atoms with Crippen molar-refractivity contribution in [3.63, 3.8) is 0 Å². The third-order valence-corrected chi connectivity index (χ3v) is 9.73. The van der Waals surface area contributed by atoms with Crippen molar-refractivity contribution in [2.45, 2.75) is 137 Å². The van der Waals surface area contributed by atoms with Gasteiger partial charge in [-0.1, -0.05) is 102 Å². The van der Waals surface area contributed by atoms with E-state index in [1.807, 2.05) is 13.8 Å². The number of carbonyl (C=O) groups excluding carboxylic acids is 2. The molecule has 0 heterocycles. The van der Waals surface area contributed by atoms with Crippen LogP contribution < -0.4 is 0 Å². The largest absolute Gasteiger partial charge is 0.467 e. The molecule has 0 aromatic rings. The van der Waals surface area contributed by atoms with Gasteiger partial charge in [-0.2, -0.15) is 0 Å². The summed E-state index contributed by atoms with van der Waals surface area (Å²) in [4.78, 5) is 21.2. The molecule has 3 saturated carbocycles. The normalized spacial score (nSPS) is 26.8. The SMILES string of the molecule is C=C(C)C.C=C(C)CO.CCCCCC1CCC(CCC2CCC3CC(CC(COC=O)COC=O)CCC3C2)CC1. The molecule has 4 atom stereocenters. The van der Waals surface area contributed by atoms with E-state index in [9.17, 15) is 9.59 Å². The van der Waals surface area contributed by atoms with E-state index in [-0.39, 0.29) is 12.5 Å². The predicted molar refractivity (Wildman–Crippen MR) is 175 cm³/mol. The van der Waals surface area contributed by atoms with Gasteiger partial charge in [0.25, 0.3) is 12.9 Å². The number of hydrogen-bond donors (Lipinski definition) is 1. The van der Waals surface area contributed by atoms with Crippen molar-refractivity contribution < 1.29 is 24.2 Å². The summed E-state index contributed by atoms with van der Waals surface area (Å²) in [5, 5.41) is 8.04. The molecule has 0 aromatic heterocycles. The molecule has 3 aliphatic carbocycles. The third-order valence-electron chi connectivity index (χ3n) is 9.73. The average molecular weight is 591 g/mol. The lowest BCUT2D eigenvalue weighted by molar-refractivity contribution is -0.134. The van der Waals surface area contributed by atoms with Gasteiger partial charge in [-0.05, 0) is 88.4 Å². The van der Waals surface area contributed by atoms with Crippen molar-refractivity contribution in [3.8, 4) is 0 Å². The highest BCUT2D eigenvalue weighted by Crippen LogP contribution is 2.47. The van der Waals surface area contributed by atoms with Crippen LogP contribution in [0.3, 0.4) is 0 Å². The number of aliphatic hydroxyl groups is 1. The van der Waals surface area contributed by atoms with Crippen molar-refractivity contribution >= 4 is 12.9 Å². The molecule has 0 bridgehead atoms. The molecule has 4 unspecified atom stereocenters. The maximum Gasteiger partial charge on any atom is 0.293 e. The fourth-order valence-electron chi connectivity index (χ4n) is 7.53. The molecule has 0 spiro atoms. The first-order chi connectivity index (χ1) is 20.2. The standard InChI is InChI=1S/C29H50O4.C4H8O.C4H8/c1-2-3-4-5-23-6-8-24(9-7-23)10-11-25-12-14-29-18-26(13-15-28(29)17-25)16-27(19-32-21-30)20-33-22-31;1-4(2)3-5;1-4(2)3/h21-29H,2-20H2,1H3;5H,1,3H2,2H3;1H2,2-3H3. The number of aliphatic hydroxyl groups excluding tert-OH is 1. The van der Waals surface area contributed by atoms with Gasteiger partial charge in [-0.15, -0.1) is 6.58 Å². The quantitative estimate of drug-likeness (QED) is 0.110. The van der Waals surface area contributed by atoms with Crippen LogP contribution in [0, 0.1) is 41.4 Å². The summed E-state index contributed by atoms with van der Waals surface area (Å²) in [6, 6.07) is 0. The summed E-state index contributed by atoms with van der Waals surface area (Å²) in [7, 11) is 0. The Labute approximate surface area is 259 Å². The van der Waals surface area contributed by atoms with E-state index in [0.717, 1.165) is 41.6 Å². The molecule has 3 aliphatic rings. The van der Waals surface area contributed by atoms with Crippen LogP contribution in [-0.2, 0) is 19.1 Å². The van der Waals surface area contributed by atoms with Crippen LogP contribution in [0.15, 0.2) is 24.3 Å². The molecule has 42 heavy (non-hydrogen) atoms. The van der Waals surface area contributed by atoms with Crippen LogP contribution in [0.1, 0.15) is 137 Å². The van der Waals surface area contributed by atoms with Gasteiger partial charge in [-0.25, -0.2) is 0 Å². The highest BCUT2D eigenvalue weighted by Gasteiger charge is 2.36. The Hall–Kier alpha value is -1.62. The summed E-state index contributed by atoms with van der Waals surface area (Å²) < 4.78 is 9.97. The number of ether oxygens (including phenoxy) is 2. The van der Waals surface area contributed by atoms with Gasteiger partial charge < -0.3 is 14.6 Å². The zero-order valence-corrected chi connectivity index (χ0v) is 27.8. The molecule has 1 N–H and O–H groups in total. The average Bonchev–Trinajstić information content (AvgIpc) is 2.98. The third kappa shape index (κ3) is 18.1. The Morgan fingerprint density at radius 2 is 1.17 bits per heavy atom. The second-order valence-corrected chi connectivity index (χ2v) is 14.1. The summed E-state index contributed by atoms with van der Waals surface area (Å²) in [6.45, 7) is 16.9. The Morgan fingerprint density at radius 1 is 0.738 bits per heavy atom. The number of unbranched alkanes of at least 4 members (excludes halogenated alkanes) is 2. The van der Waals surface area contributed by atoms with Gasteiger partial charge >= 0.3 is 0 Å². The van der Waals surface area contributed by atoms with Crippen LogP contribution in [0.5, 0.6) is 0 Å². The molecule has 244 valence electrons. The number of hydrogen-bond acceptors (Lipinski definition) is 5. The molecule has 0 radical (unpaired) electrons. The lowest BCUT2D eigenvalue weighted by Crippen LogP contribution is -2.32. The Morgan fingerprint density at radius 3 is 1.64 bits per heavy atom. The topological polar surface area (TPSA) is 72.8 Å². The molecule has 0 aromatic carbocycles. The summed E-state index contributed by atoms with van der Waals surface area (Å²) in [6.07, 6.45) is 24.0. The van der Waals surface area contributed by atoms with Crippen LogP contribution >= 0.6 is 0 Å². The zero-order valence-electron chi connectivity index (χ0n) is 27.8. The summed E-state index contributed by atoms with van der Waals surface area (Å²) >= 11 is 0. The smallest absolute Gasteiger partial charge is 0.293 e. The first-order valence-electron chi connectivity index (χ1n) is 17.2. The Kier molecular flexibility index (Phi) is 21.8. The van der Waals surface area contributed by atoms with Gasteiger partial charge in [0.2, 0.25) is 0 Å². The Bertz CT molecular complexity index is 710. The number of carbonyl (C=O) groups is 2. The maximum absolute atomic E-state index is 10.6. The van der Waals surface area contributed by atoms with Crippen LogP contribution in [0.25, 0.3) is 0 Å². The summed E-state index contributed by atoms with van der Waals surface area (Å²) in [5.74, 6) is 5.67. The molecule has 3 rings (SSSR count). The van der Waals surface area contributed by atoms with Crippen molar-refractivity contribution in [3.05, 3.63) is 24.3 Å². The minimum atomic E-state index is 0.111. The fraction of sp³-hybridized carbons (Fsp3) is 0.838. The first kappa shape index (κ1) is 38.4. The van der Waals surface area contributed by atoms with E-state index in [1.165, 1.54) is 108 Å². The second kappa shape index (κ2) is 23.8. The monoisotopic (exact) mass is 590 g/mol.